The molecular weight excluding hydrogens is 203 g/mol. The molecule has 0 aromatic heterocycles. The average Bonchev–Trinajstić information content (AvgIpc) is 2.67. The molecule has 0 unspecified atom stereocenters. The number of halogens is 1. The van der Waals surface area contributed by atoms with Crippen LogP contribution in [0.1, 0.15) is 5.56 Å². The van der Waals surface area contributed by atoms with E-state index in [1.165, 1.54) is 7.11 Å². The standard InChI is InChI=1S/C10H11FO4/c1-13-9-6(2-3-12)4-7-10(8(9)11)15-5-14-7/h4,12H,2-3,5H2,1H3. The van der Waals surface area contributed by atoms with Gasteiger partial charge < -0.3 is 19.3 Å². The van der Waals surface area contributed by atoms with E-state index >= 15 is 0 Å². The van der Waals surface area contributed by atoms with Gasteiger partial charge in [-0.2, -0.15) is 4.39 Å². The van der Waals surface area contributed by atoms with Crippen LogP contribution in [0.5, 0.6) is 17.2 Å². The Labute approximate surface area is 86.2 Å². The highest BCUT2D eigenvalue weighted by Crippen LogP contribution is 2.41. The summed E-state index contributed by atoms with van der Waals surface area (Å²) in [5, 5.41) is 8.83. The van der Waals surface area contributed by atoms with Gasteiger partial charge in [0.1, 0.15) is 0 Å². The number of rotatable bonds is 3. The van der Waals surface area contributed by atoms with Gasteiger partial charge in [-0.1, -0.05) is 0 Å². The Balaban J connectivity index is 2.51. The fraction of sp³-hybridized carbons (Fsp3) is 0.400. The fourth-order valence-corrected chi connectivity index (χ4v) is 1.56. The molecular formula is C10H11FO4. The minimum absolute atomic E-state index is 0.0119. The Morgan fingerprint density at radius 2 is 2.33 bits per heavy atom. The van der Waals surface area contributed by atoms with E-state index in [0.717, 1.165) is 0 Å². The summed E-state index contributed by atoms with van der Waals surface area (Å²) < 4.78 is 28.7. The molecule has 1 N–H and O–H groups in total. The quantitative estimate of drug-likeness (QED) is 0.818. The second kappa shape index (κ2) is 3.94. The molecule has 1 aromatic carbocycles. The molecule has 4 nitrogen and oxygen atoms in total. The number of benzene rings is 1. The van der Waals surface area contributed by atoms with Crippen LogP contribution in [0.15, 0.2) is 6.07 Å². The summed E-state index contributed by atoms with van der Waals surface area (Å²) in [6.07, 6.45) is 0.316. The smallest absolute Gasteiger partial charge is 0.231 e. The zero-order chi connectivity index (χ0) is 10.8. The third kappa shape index (κ3) is 1.59. The second-order valence-corrected chi connectivity index (χ2v) is 3.09. The van der Waals surface area contributed by atoms with Gasteiger partial charge >= 0.3 is 0 Å². The molecule has 0 aliphatic carbocycles. The SMILES string of the molecule is COc1c(CCO)cc2c(c1F)OCO2. The zero-order valence-corrected chi connectivity index (χ0v) is 8.25. The average molecular weight is 214 g/mol. The molecule has 0 atom stereocenters. The van der Waals surface area contributed by atoms with Crippen molar-refractivity contribution in [3.8, 4) is 17.2 Å². The van der Waals surface area contributed by atoms with E-state index in [1.54, 1.807) is 6.07 Å². The van der Waals surface area contributed by atoms with Gasteiger partial charge in [0.15, 0.2) is 11.5 Å². The maximum atomic E-state index is 13.7. The molecule has 5 heteroatoms. The molecule has 0 radical (unpaired) electrons. The minimum Gasteiger partial charge on any atom is -0.493 e. The van der Waals surface area contributed by atoms with Gasteiger partial charge in [0, 0.05) is 12.2 Å². The van der Waals surface area contributed by atoms with Crippen molar-refractivity contribution in [2.45, 2.75) is 6.42 Å². The first-order valence-electron chi connectivity index (χ1n) is 4.53. The van der Waals surface area contributed by atoms with Crippen molar-refractivity contribution < 1.29 is 23.7 Å². The highest BCUT2D eigenvalue weighted by molar-refractivity contribution is 5.53. The van der Waals surface area contributed by atoms with E-state index < -0.39 is 5.82 Å². The summed E-state index contributed by atoms with van der Waals surface area (Å²) in [5.74, 6) is -0.0328. The lowest BCUT2D eigenvalue weighted by Gasteiger charge is -2.10. The lowest BCUT2D eigenvalue weighted by molar-refractivity contribution is 0.170. The Hall–Kier alpha value is -1.49. The van der Waals surface area contributed by atoms with Crippen LogP contribution in [0.4, 0.5) is 4.39 Å². The van der Waals surface area contributed by atoms with E-state index in [4.69, 9.17) is 19.3 Å². The highest BCUT2D eigenvalue weighted by Gasteiger charge is 2.24. The van der Waals surface area contributed by atoms with Gasteiger partial charge in [0.2, 0.25) is 18.4 Å². The summed E-state index contributed by atoms with van der Waals surface area (Å²) in [6.45, 7) is -0.0621. The topological polar surface area (TPSA) is 47.9 Å². The molecule has 0 spiro atoms. The number of methoxy groups -OCH3 is 1. The molecule has 0 saturated heterocycles. The van der Waals surface area contributed by atoms with Crippen LogP contribution >= 0.6 is 0 Å². The maximum Gasteiger partial charge on any atom is 0.231 e. The van der Waals surface area contributed by atoms with Gasteiger partial charge in [-0.15, -0.1) is 0 Å². The molecule has 1 aromatic rings. The molecule has 1 aliphatic rings. The van der Waals surface area contributed by atoms with E-state index in [1.807, 2.05) is 0 Å². The van der Waals surface area contributed by atoms with E-state index in [-0.39, 0.29) is 24.9 Å². The van der Waals surface area contributed by atoms with E-state index in [9.17, 15) is 4.39 Å². The Kier molecular flexibility index (Phi) is 2.64. The summed E-state index contributed by atoms with van der Waals surface area (Å²) >= 11 is 0. The van der Waals surface area contributed by atoms with Gasteiger partial charge in [-0.05, 0) is 12.5 Å². The van der Waals surface area contributed by atoms with Gasteiger partial charge in [0.25, 0.3) is 0 Å². The molecule has 82 valence electrons. The van der Waals surface area contributed by atoms with Gasteiger partial charge in [0.05, 0.1) is 7.11 Å². The minimum atomic E-state index is -0.573. The third-order valence-corrected chi connectivity index (χ3v) is 2.22. The first-order valence-corrected chi connectivity index (χ1v) is 4.53. The number of hydrogen-bond donors (Lipinski definition) is 1. The number of aliphatic hydroxyl groups is 1. The van der Waals surface area contributed by atoms with E-state index in [2.05, 4.69) is 0 Å². The highest BCUT2D eigenvalue weighted by atomic mass is 19.1. The first-order chi connectivity index (χ1) is 7.27. The molecule has 2 rings (SSSR count). The first kappa shape index (κ1) is 10.0. The van der Waals surface area contributed by atoms with Crippen molar-refractivity contribution in [2.75, 3.05) is 20.5 Å². The molecule has 0 amide bonds. The van der Waals surface area contributed by atoms with Crippen molar-refractivity contribution in [2.24, 2.45) is 0 Å². The van der Waals surface area contributed by atoms with Crippen LogP contribution in [0, 0.1) is 5.82 Å². The number of hydrogen-bond acceptors (Lipinski definition) is 4. The van der Waals surface area contributed by atoms with Crippen LogP contribution in [0.3, 0.4) is 0 Å². The predicted octanol–water partition coefficient (Wildman–Crippen LogP) is 1.10. The van der Waals surface area contributed by atoms with Crippen LogP contribution in [-0.4, -0.2) is 25.6 Å². The number of ether oxygens (including phenoxy) is 3. The van der Waals surface area contributed by atoms with Crippen LogP contribution < -0.4 is 14.2 Å². The predicted molar refractivity (Wildman–Crippen MR) is 49.9 cm³/mol. The van der Waals surface area contributed by atoms with Crippen molar-refractivity contribution in [1.82, 2.24) is 0 Å². The summed E-state index contributed by atoms with van der Waals surface area (Å²) in [4.78, 5) is 0. The molecule has 0 bridgehead atoms. The number of aliphatic hydroxyl groups excluding tert-OH is 1. The van der Waals surface area contributed by atoms with Crippen LogP contribution in [0.25, 0.3) is 0 Å². The summed E-state index contributed by atoms with van der Waals surface area (Å²) in [6, 6.07) is 1.63. The molecule has 1 heterocycles. The zero-order valence-electron chi connectivity index (χ0n) is 8.25. The lowest BCUT2D eigenvalue weighted by Crippen LogP contribution is -1.99. The van der Waals surface area contributed by atoms with Crippen LogP contribution in [0.2, 0.25) is 0 Å². The maximum absolute atomic E-state index is 13.7. The Morgan fingerprint density at radius 1 is 1.53 bits per heavy atom. The summed E-state index contributed by atoms with van der Waals surface area (Å²) in [5.41, 5.74) is 0.571. The molecule has 1 aliphatic heterocycles. The monoisotopic (exact) mass is 214 g/mol. The van der Waals surface area contributed by atoms with Crippen molar-refractivity contribution in [3.63, 3.8) is 0 Å². The van der Waals surface area contributed by atoms with Gasteiger partial charge in [-0.3, -0.25) is 0 Å². The third-order valence-electron chi connectivity index (χ3n) is 2.22. The normalized spacial score (nSPS) is 13.0. The fourth-order valence-electron chi connectivity index (χ4n) is 1.56. The van der Waals surface area contributed by atoms with Gasteiger partial charge in [-0.25, -0.2) is 0 Å². The largest absolute Gasteiger partial charge is 0.493 e. The van der Waals surface area contributed by atoms with E-state index in [0.29, 0.717) is 17.7 Å². The molecule has 15 heavy (non-hydrogen) atoms. The molecule has 0 fully saturated rings. The van der Waals surface area contributed by atoms with Crippen molar-refractivity contribution >= 4 is 0 Å². The summed E-state index contributed by atoms with van der Waals surface area (Å²) in [7, 11) is 1.38. The molecule has 0 saturated carbocycles. The van der Waals surface area contributed by atoms with Crippen LogP contribution in [-0.2, 0) is 6.42 Å². The lowest BCUT2D eigenvalue weighted by atomic mass is 10.1. The van der Waals surface area contributed by atoms with Crippen molar-refractivity contribution in [3.05, 3.63) is 17.4 Å². The Bertz CT molecular complexity index is 378. The Morgan fingerprint density at radius 3 is 3.00 bits per heavy atom. The second-order valence-electron chi connectivity index (χ2n) is 3.09. The van der Waals surface area contributed by atoms with Crippen molar-refractivity contribution in [1.29, 1.82) is 0 Å². The number of fused-ring (bicyclic) bond motifs is 1.